The van der Waals surface area contributed by atoms with Gasteiger partial charge in [0.1, 0.15) is 24.0 Å². The average Bonchev–Trinajstić information content (AvgIpc) is 2.86. The largest absolute Gasteiger partial charge is 0.477 e. The van der Waals surface area contributed by atoms with E-state index in [1.165, 1.54) is 6.33 Å². The molecule has 2 rings (SSSR count). The highest BCUT2D eigenvalue weighted by molar-refractivity contribution is 6.06. The van der Waals surface area contributed by atoms with Gasteiger partial charge in [0.2, 0.25) is 11.8 Å². The number of hydrogen-bond acceptors (Lipinski definition) is 4. The van der Waals surface area contributed by atoms with Crippen LogP contribution in [0.5, 0.6) is 5.88 Å². The second-order valence-electron chi connectivity index (χ2n) is 4.86. The summed E-state index contributed by atoms with van der Waals surface area (Å²) in [7, 11) is 0. The molecule has 0 atom stereocenters. The quantitative estimate of drug-likeness (QED) is 0.801. The second-order valence-corrected chi connectivity index (χ2v) is 4.86. The van der Waals surface area contributed by atoms with Gasteiger partial charge in [-0.05, 0) is 12.0 Å². The number of H-pyrrole nitrogens is 1. The average molecular weight is 292 g/mol. The molecule has 2 aromatic heterocycles. The first-order valence-corrected chi connectivity index (χ1v) is 6.60. The number of alkyl halides is 1. The lowest BCUT2D eigenvalue weighted by atomic mass is 10.2. The summed E-state index contributed by atoms with van der Waals surface area (Å²) in [6.45, 7) is 3.87. The Morgan fingerprint density at radius 2 is 2.33 bits per heavy atom. The topological polar surface area (TPSA) is 79.9 Å². The Labute approximate surface area is 121 Å². The Hall–Kier alpha value is -2.44. The minimum Gasteiger partial charge on any atom is -0.477 e. The summed E-state index contributed by atoms with van der Waals surface area (Å²) in [5.41, 5.74) is 1.06. The molecule has 0 aromatic carbocycles. The van der Waals surface area contributed by atoms with Crippen LogP contribution >= 0.6 is 0 Å². The molecule has 2 aromatic rings. The number of fused-ring (bicyclic) bond motifs is 1. The van der Waals surface area contributed by atoms with Gasteiger partial charge in [-0.2, -0.15) is 0 Å². The minimum atomic E-state index is -0.687. The molecule has 0 aliphatic rings. The van der Waals surface area contributed by atoms with Gasteiger partial charge in [-0.25, -0.2) is 14.4 Å². The molecule has 7 heteroatoms. The number of allylic oxidation sites excluding steroid dienone is 1. The van der Waals surface area contributed by atoms with Crippen LogP contribution in [-0.2, 0) is 4.79 Å². The van der Waals surface area contributed by atoms with E-state index in [9.17, 15) is 9.18 Å². The summed E-state index contributed by atoms with van der Waals surface area (Å²) in [5, 5.41) is 3.24. The molecule has 0 aliphatic heterocycles. The Kier molecular flexibility index (Phi) is 4.86. The Morgan fingerprint density at radius 3 is 3.05 bits per heavy atom. The van der Waals surface area contributed by atoms with Crippen molar-refractivity contribution in [2.75, 3.05) is 18.6 Å². The molecule has 2 N–H and O–H groups in total. The predicted octanol–water partition coefficient (Wildman–Crippen LogP) is 2.46. The number of carbonyl (C=O) groups excluding carboxylic acids is 1. The standard InChI is InChI=1S/C14H17FN4O2/c1-9(2)7-21-14-12-10(19-11(20)4-3-5-15)6-16-13(12)17-8-18-14/h3-4,6,8-9H,5,7H2,1-2H3,(H,19,20)(H,16,17,18). The van der Waals surface area contributed by atoms with Gasteiger partial charge in [-0.1, -0.05) is 13.8 Å². The lowest BCUT2D eigenvalue weighted by Crippen LogP contribution is -2.09. The van der Waals surface area contributed by atoms with Gasteiger partial charge in [0.05, 0.1) is 12.3 Å². The predicted molar refractivity (Wildman–Crippen MR) is 78.0 cm³/mol. The first kappa shape index (κ1) is 15.0. The molecule has 0 unspecified atom stereocenters. The summed E-state index contributed by atoms with van der Waals surface area (Å²) in [6.07, 6.45) is 5.26. The Morgan fingerprint density at radius 1 is 1.52 bits per heavy atom. The molecule has 0 bridgehead atoms. The molecule has 0 aliphatic carbocycles. The molecule has 21 heavy (non-hydrogen) atoms. The molecule has 1 amide bonds. The number of amides is 1. The highest BCUT2D eigenvalue weighted by atomic mass is 19.1. The first-order chi connectivity index (χ1) is 10.1. The fourth-order valence-electron chi connectivity index (χ4n) is 1.71. The molecule has 2 heterocycles. The van der Waals surface area contributed by atoms with E-state index in [0.29, 0.717) is 35.1 Å². The van der Waals surface area contributed by atoms with Crippen LogP contribution in [-0.4, -0.2) is 34.1 Å². The van der Waals surface area contributed by atoms with E-state index in [4.69, 9.17) is 4.74 Å². The molecule has 6 nitrogen and oxygen atoms in total. The lowest BCUT2D eigenvalue weighted by molar-refractivity contribution is -0.111. The zero-order chi connectivity index (χ0) is 15.2. The van der Waals surface area contributed by atoms with Crippen LogP contribution in [0.1, 0.15) is 13.8 Å². The number of carbonyl (C=O) groups is 1. The van der Waals surface area contributed by atoms with Crippen LogP contribution in [0.3, 0.4) is 0 Å². The van der Waals surface area contributed by atoms with Gasteiger partial charge in [0.25, 0.3) is 0 Å². The molecule has 0 saturated heterocycles. The molecule has 0 radical (unpaired) electrons. The maximum Gasteiger partial charge on any atom is 0.248 e. The van der Waals surface area contributed by atoms with Crippen LogP contribution in [0, 0.1) is 5.92 Å². The van der Waals surface area contributed by atoms with Gasteiger partial charge < -0.3 is 15.0 Å². The van der Waals surface area contributed by atoms with Gasteiger partial charge >= 0.3 is 0 Å². The summed E-state index contributed by atoms with van der Waals surface area (Å²) < 4.78 is 17.7. The van der Waals surface area contributed by atoms with E-state index < -0.39 is 12.6 Å². The van der Waals surface area contributed by atoms with E-state index >= 15 is 0 Å². The number of halogens is 1. The Bertz CT molecular complexity index is 651. The normalized spacial score (nSPS) is 11.4. The molecule has 112 valence electrons. The number of rotatable bonds is 6. The van der Waals surface area contributed by atoms with Crippen molar-refractivity contribution in [3.05, 3.63) is 24.7 Å². The zero-order valence-electron chi connectivity index (χ0n) is 11.9. The number of ether oxygens (including phenoxy) is 1. The molecule has 0 fully saturated rings. The number of aromatic nitrogens is 3. The van der Waals surface area contributed by atoms with Gasteiger partial charge in [-0.3, -0.25) is 4.79 Å². The monoisotopic (exact) mass is 292 g/mol. The molecule has 0 saturated carbocycles. The maximum atomic E-state index is 12.0. The van der Waals surface area contributed by atoms with Crippen molar-refractivity contribution in [1.29, 1.82) is 0 Å². The van der Waals surface area contributed by atoms with Gasteiger partial charge in [0.15, 0.2) is 0 Å². The van der Waals surface area contributed by atoms with E-state index in [2.05, 4.69) is 20.3 Å². The van der Waals surface area contributed by atoms with Crippen molar-refractivity contribution in [2.24, 2.45) is 5.92 Å². The van der Waals surface area contributed by atoms with Gasteiger partial charge in [0, 0.05) is 12.3 Å². The van der Waals surface area contributed by atoms with E-state index in [1.54, 1.807) is 6.20 Å². The SMILES string of the molecule is CC(C)COc1ncnc2[nH]cc(NC(=O)C=CCF)c12. The number of nitrogens with one attached hydrogen (secondary N) is 2. The van der Waals surface area contributed by atoms with Crippen molar-refractivity contribution in [3.8, 4) is 5.88 Å². The summed E-state index contributed by atoms with van der Waals surface area (Å²) in [4.78, 5) is 22.7. The van der Waals surface area contributed by atoms with Gasteiger partial charge in [-0.15, -0.1) is 0 Å². The second kappa shape index (κ2) is 6.83. The van der Waals surface area contributed by atoms with E-state index in [-0.39, 0.29) is 0 Å². The fourth-order valence-corrected chi connectivity index (χ4v) is 1.71. The number of anilines is 1. The Balaban J connectivity index is 2.27. The highest BCUT2D eigenvalue weighted by Crippen LogP contribution is 2.29. The number of aromatic amines is 1. The molecular formula is C14H17FN4O2. The third-order valence-electron chi connectivity index (χ3n) is 2.60. The van der Waals surface area contributed by atoms with E-state index in [0.717, 1.165) is 12.2 Å². The molecular weight excluding hydrogens is 275 g/mol. The summed E-state index contributed by atoms with van der Waals surface area (Å²) in [6, 6.07) is 0. The fraction of sp³-hybridized carbons (Fsp3) is 0.357. The third-order valence-corrected chi connectivity index (χ3v) is 2.60. The molecule has 0 spiro atoms. The van der Waals surface area contributed by atoms with Crippen molar-refractivity contribution in [1.82, 2.24) is 15.0 Å². The van der Waals surface area contributed by atoms with Crippen LogP contribution in [0.4, 0.5) is 10.1 Å². The first-order valence-electron chi connectivity index (χ1n) is 6.60. The third kappa shape index (κ3) is 3.77. The summed E-state index contributed by atoms with van der Waals surface area (Å²) in [5.74, 6) is 0.325. The van der Waals surface area contributed by atoms with Crippen LogP contribution < -0.4 is 10.1 Å². The highest BCUT2D eigenvalue weighted by Gasteiger charge is 2.14. The maximum absolute atomic E-state index is 12.0. The van der Waals surface area contributed by atoms with Crippen molar-refractivity contribution in [3.63, 3.8) is 0 Å². The van der Waals surface area contributed by atoms with Crippen LogP contribution in [0.15, 0.2) is 24.7 Å². The van der Waals surface area contributed by atoms with Crippen LogP contribution in [0.2, 0.25) is 0 Å². The zero-order valence-corrected chi connectivity index (χ0v) is 11.9. The van der Waals surface area contributed by atoms with Crippen LogP contribution in [0.25, 0.3) is 11.0 Å². The lowest BCUT2D eigenvalue weighted by Gasteiger charge is -2.09. The minimum absolute atomic E-state index is 0.347. The number of nitrogens with zero attached hydrogens (tertiary/aromatic N) is 2. The smallest absolute Gasteiger partial charge is 0.248 e. The number of hydrogen-bond donors (Lipinski definition) is 2. The van der Waals surface area contributed by atoms with E-state index in [1.807, 2.05) is 13.8 Å². The van der Waals surface area contributed by atoms with Crippen molar-refractivity contribution in [2.45, 2.75) is 13.8 Å². The van der Waals surface area contributed by atoms with Crippen molar-refractivity contribution >= 4 is 22.6 Å². The summed E-state index contributed by atoms with van der Waals surface area (Å²) >= 11 is 0. The van der Waals surface area contributed by atoms with Crippen molar-refractivity contribution < 1.29 is 13.9 Å².